The van der Waals surface area contributed by atoms with E-state index in [9.17, 15) is 9.18 Å². The molecule has 0 saturated carbocycles. The summed E-state index contributed by atoms with van der Waals surface area (Å²) in [5, 5.41) is 0. The van der Waals surface area contributed by atoms with Crippen LogP contribution in [0.5, 0.6) is 5.75 Å². The lowest BCUT2D eigenvalue weighted by molar-refractivity contribution is 0.303. The number of nitrogens with zero attached hydrogens (tertiary/aromatic N) is 2. The minimum Gasteiger partial charge on any atom is -0.487 e. The molecular weight excluding hydrogens is 773 g/mol. The molecule has 2 aliphatic rings. The minimum atomic E-state index is -0.350. The molecule has 0 fully saturated rings. The van der Waals surface area contributed by atoms with Crippen LogP contribution in [0.15, 0.2) is 106 Å². The van der Waals surface area contributed by atoms with Crippen molar-refractivity contribution in [3.63, 3.8) is 0 Å². The van der Waals surface area contributed by atoms with Crippen LogP contribution in [0.1, 0.15) is 40.3 Å². The zero-order valence-corrected chi connectivity index (χ0v) is 27.3. The first-order valence-corrected chi connectivity index (χ1v) is 16.5. The summed E-state index contributed by atoms with van der Waals surface area (Å²) in [4.78, 5) is 19.9. The van der Waals surface area contributed by atoms with Crippen molar-refractivity contribution < 1.29 is 9.13 Å². The Kier molecular flexibility index (Phi) is 7.62. The van der Waals surface area contributed by atoms with Crippen LogP contribution in [-0.2, 0) is 13.0 Å². The Hall–Kier alpha value is -3.09. The average Bonchev–Trinajstić information content (AvgIpc) is 3.30. The molecule has 208 valence electrons. The Morgan fingerprint density at radius 3 is 2.55 bits per heavy atom. The molecule has 1 unspecified atom stereocenters. The number of hydrogen-bond acceptors (Lipinski definition) is 4. The van der Waals surface area contributed by atoms with Crippen LogP contribution in [0, 0.1) is 13.0 Å². The van der Waals surface area contributed by atoms with Crippen LogP contribution in [0.3, 0.4) is 0 Å². The number of hydrogen-bond donors (Lipinski definition) is 0. The van der Waals surface area contributed by atoms with E-state index in [0.717, 1.165) is 59.3 Å². The van der Waals surface area contributed by atoms with Gasteiger partial charge in [-0.3, -0.25) is 9.36 Å². The normalized spacial score (nSPS) is 16.0. The molecule has 4 aromatic carbocycles. The number of allylic oxidation sites excluding steroid dienone is 1. The van der Waals surface area contributed by atoms with Crippen molar-refractivity contribution in [1.29, 1.82) is 0 Å². The number of halogens is 3. The maximum Gasteiger partial charge on any atom is 0.271 e. The lowest BCUT2D eigenvalue weighted by atomic mass is 9.83. The monoisotopic (exact) mass is 796 g/mol. The van der Waals surface area contributed by atoms with Crippen molar-refractivity contribution in [2.75, 3.05) is 0 Å². The highest BCUT2D eigenvalue weighted by molar-refractivity contribution is 14.1. The summed E-state index contributed by atoms with van der Waals surface area (Å²) in [5.74, 6) is 0.444. The summed E-state index contributed by atoms with van der Waals surface area (Å²) in [6.45, 7) is 0.427. The second-order valence-electron chi connectivity index (χ2n) is 10.2. The first-order chi connectivity index (χ1) is 20.5. The van der Waals surface area contributed by atoms with Gasteiger partial charge >= 0.3 is 0 Å². The van der Waals surface area contributed by atoms with Gasteiger partial charge < -0.3 is 4.74 Å². The smallest absolute Gasteiger partial charge is 0.271 e. The van der Waals surface area contributed by atoms with Crippen LogP contribution in [0.4, 0.5) is 4.39 Å². The standard InChI is InChI=1S/C34H23FI2N2O2S/c35-24-13-10-22(11-14-24)31-27-15-12-21-8-4-5-9-26(21)30(27)38-34-39(31)33(40)29(42-34)17-23-16-25(36)18-28(37)32(23)41-19-20-6-2-1-3-7-20/h1-11,13-14,16-18,31H,12,15,19H2. The van der Waals surface area contributed by atoms with E-state index in [4.69, 9.17) is 9.73 Å². The third-order valence-corrected chi connectivity index (χ3v) is 10.0. The van der Waals surface area contributed by atoms with Crippen molar-refractivity contribution >= 4 is 68.3 Å². The van der Waals surface area contributed by atoms with Crippen LogP contribution in [0.25, 0.3) is 11.8 Å². The van der Waals surface area contributed by atoms with Crippen molar-refractivity contribution in [2.24, 2.45) is 4.99 Å². The molecule has 0 bridgehead atoms. The Labute approximate surface area is 273 Å². The van der Waals surface area contributed by atoms with E-state index in [1.54, 1.807) is 16.7 Å². The molecule has 0 N–H and O–H groups in total. The van der Waals surface area contributed by atoms with E-state index >= 15 is 0 Å². The third kappa shape index (κ3) is 5.17. The van der Waals surface area contributed by atoms with Gasteiger partial charge in [-0.1, -0.05) is 78.1 Å². The van der Waals surface area contributed by atoms with Gasteiger partial charge in [0.1, 0.15) is 18.2 Å². The second kappa shape index (κ2) is 11.5. The molecule has 1 aromatic heterocycles. The number of ether oxygens (including phenoxy) is 1. The highest BCUT2D eigenvalue weighted by Crippen LogP contribution is 2.41. The van der Waals surface area contributed by atoms with Crippen molar-refractivity contribution in [2.45, 2.75) is 25.5 Å². The number of benzene rings is 4. The number of aryl methyl sites for hydroxylation is 1. The van der Waals surface area contributed by atoms with Crippen LogP contribution in [0.2, 0.25) is 0 Å². The largest absolute Gasteiger partial charge is 0.487 e. The SMILES string of the molecule is O=c1c(=Cc2cc(I)cc(I)c2OCc2ccccc2)sc2n1C(c1ccc(F)cc1)C1=C(N=2)c2ccccc2CC1. The first-order valence-electron chi connectivity index (χ1n) is 13.5. The fourth-order valence-corrected chi connectivity index (χ4v) is 8.72. The lowest BCUT2D eigenvalue weighted by Crippen LogP contribution is -2.38. The number of fused-ring (bicyclic) bond motifs is 3. The second-order valence-corrected chi connectivity index (χ2v) is 13.7. The average molecular weight is 796 g/mol. The van der Waals surface area contributed by atoms with Gasteiger partial charge in [0.25, 0.3) is 5.56 Å². The molecular formula is C34H23FI2N2O2S. The summed E-state index contributed by atoms with van der Waals surface area (Å²) >= 11 is 5.97. The van der Waals surface area contributed by atoms with E-state index in [-0.39, 0.29) is 17.4 Å². The summed E-state index contributed by atoms with van der Waals surface area (Å²) in [6, 6.07) is 28.6. The molecule has 2 heterocycles. The number of aromatic nitrogens is 1. The third-order valence-electron chi connectivity index (χ3n) is 7.61. The van der Waals surface area contributed by atoms with E-state index in [2.05, 4.69) is 69.4 Å². The number of thiazole rings is 1. The van der Waals surface area contributed by atoms with Gasteiger partial charge in [0.05, 0.1) is 19.8 Å². The molecule has 42 heavy (non-hydrogen) atoms. The Balaban J connectivity index is 1.40. The molecule has 1 atom stereocenters. The first kappa shape index (κ1) is 27.7. The molecule has 0 saturated heterocycles. The maximum absolute atomic E-state index is 14.2. The van der Waals surface area contributed by atoms with Crippen molar-refractivity contribution in [3.8, 4) is 5.75 Å². The van der Waals surface area contributed by atoms with Crippen LogP contribution >= 0.6 is 56.5 Å². The Bertz CT molecular complexity index is 2050. The van der Waals surface area contributed by atoms with Gasteiger partial charge in [0.15, 0.2) is 4.80 Å². The van der Waals surface area contributed by atoms with E-state index in [1.807, 2.05) is 48.5 Å². The highest BCUT2D eigenvalue weighted by atomic mass is 127. The molecule has 8 heteroatoms. The number of rotatable bonds is 5. The lowest BCUT2D eigenvalue weighted by Gasteiger charge is -2.30. The topological polar surface area (TPSA) is 43.6 Å². The molecule has 0 spiro atoms. The summed E-state index contributed by atoms with van der Waals surface area (Å²) in [7, 11) is 0. The summed E-state index contributed by atoms with van der Waals surface area (Å²) in [5.41, 5.74) is 7.06. The predicted octanol–water partition coefficient (Wildman–Crippen LogP) is 7.25. The molecule has 1 aliphatic heterocycles. The van der Waals surface area contributed by atoms with Crippen molar-refractivity contribution in [3.05, 3.63) is 157 Å². The van der Waals surface area contributed by atoms with Crippen LogP contribution < -0.4 is 19.6 Å². The zero-order valence-electron chi connectivity index (χ0n) is 22.2. The fraction of sp³-hybridized carbons (Fsp3) is 0.118. The predicted molar refractivity (Wildman–Crippen MR) is 182 cm³/mol. The van der Waals surface area contributed by atoms with Crippen LogP contribution in [-0.4, -0.2) is 4.57 Å². The maximum atomic E-state index is 14.2. The van der Waals surface area contributed by atoms with Gasteiger partial charge in [-0.2, -0.15) is 0 Å². The molecule has 4 nitrogen and oxygen atoms in total. The quantitative estimate of drug-likeness (QED) is 0.176. The van der Waals surface area contributed by atoms with E-state index in [1.165, 1.54) is 29.0 Å². The van der Waals surface area contributed by atoms with Gasteiger partial charge in [-0.15, -0.1) is 0 Å². The summed E-state index contributed by atoms with van der Waals surface area (Å²) < 4.78 is 24.7. The molecule has 0 amide bonds. The molecule has 1 aliphatic carbocycles. The zero-order chi connectivity index (χ0) is 28.8. The van der Waals surface area contributed by atoms with E-state index in [0.29, 0.717) is 15.9 Å². The Morgan fingerprint density at radius 1 is 0.976 bits per heavy atom. The molecule has 7 rings (SSSR count). The minimum absolute atomic E-state index is 0.110. The van der Waals surface area contributed by atoms with E-state index < -0.39 is 0 Å². The molecule has 5 aromatic rings. The molecule has 0 radical (unpaired) electrons. The van der Waals surface area contributed by atoms with Gasteiger partial charge in [-0.25, -0.2) is 9.38 Å². The highest BCUT2D eigenvalue weighted by Gasteiger charge is 2.32. The van der Waals surface area contributed by atoms with Crippen molar-refractivity contribution in [1.82, 2.24) is 4.57 Å². The van der Waals surface area contributed by atoms with Gasteiger partial charge in [0.2, 0.25) is 0 Å². The summed E-state index contributed by atoms with van der Waals surface area (Å²) in [6.07, 6.45) is 3.58. The Morgan fingerprint density at radius 2 is 1.74 bits per heavy atom. The van der Waals surface area contributed by atoms with Gasteiger partial charge in [-0.05, 0) is 111 Å². The van der Waals surface area contributed by atoms with Gasteiger partial charge in [0, 0.05) is 14.7 Å². The fourth-order valence-electron chi connectivity index (χ4n) is 5.68.